The maximum Gasteiger partial charge on any atom is 0.226 e. The fraction of sp³-hybridized carbons (Fsp3) is 0.476. The van der Waals surface area contributed by atoms with E-state index in [-0.39, 0.29) is 17.6 Å². The summed E-state index contributed by atoms with van der Waals surface area (Å²) >= 11 is 0. The van der Waals surface area contributed by atoms with E-state index in [0.29, 0.717) is 38.7 Å². The average Bonchev–Trinajstić information content (AvgIpc) is 2.93. The molecule has 0 bridgehead atoms. The number of aryl methyl sites for hydroxylation is 2. The van der Waals surface area contributed by atoms with Gasteiger partial charge in [0, 0.05) is 43.0 Å². The van der Waals surface area contributed by atoms with Crippen molar-refractivity contribution in [3.8, 4) is 22.8 Å². The van der Waals surface area contributed by atoms with Gasteiger partial charge < -0.3 is 19.5 Å². The summed E-state index contributed by atoms with van der Waals surface area (Å²) in [4.78, 5) is 23.8. The van der Waals surface area contributed by atoms with Crippen molar-refractivity contribution in [3.63, 3.8) is 0 Å². The SMILES string of the molecule is Cc1cnc(C)c(-c2cc(O)c3c(c2)CN(C(=O)C2CCOCC2)CCO3)n1. The zero-order chi connectivity index (χ0) is 19.7. The predicted molar refractivity (Wildman–Crippen MR) is 103 cm³/mol. The second-order valence-corrected chi connectivity index (χ2v) is 7.42. The Morgan fingerprint density at radius 1 is 1.21 bits per heavy atom. The quantitative estimate of drug-likeness (QED) is 0.858. The fourth-order valence-corrected chi connectivity index (χ4v) is 3.84. The van der Waals surface area contributed by atoms with Crippen LogP contribution in [-0.2, 0) is 16.1 Å². The number of phenols is 1. The second-order valence-electron chi connectivity index (χ2n) is 7.42. The third-order valence-electron chi connectivity index (χ3n) is 5.35. The lowest BCUT2D eigenvalue weighted by atomic mass is 9.98. The number of aromatic nitrogens is 2. The molecule has 3 heterocycles. The standard InChI is InChI=1S/C21H25N3O4/c1-13-11-22-14(2)19(23-13)16-9-17-12-24(5-8-28-20(17)18(25)10-16)21(26)15-3-6-27-7-4-15/h9-11,15,25H,3-8,12H2,1-2H3. The Balaban J connectivity index is 1.66. The number of carbonyl (C=O) groups is 1. The van der Waals surface area contributed by atoms with Crippen LogP contribution in [0, 0.1) is 19.8 Å². The van der Waals surface area contributed by atoms with E-state index in [9.17, 15) is 9.90 Å². The molecule has 1 aromatic heterocycles. The Morgan fingerprint density at radius 3 is 2.79 bits per heavy atom. The largest absolute Gasteiger partial charge is 0.504 e. The van der Waals surface area contributed by atoms with E-state index < -0.39 is 0 Å². The minimum atomic E-state index is -0.00281. The molecule has 0 radical (unpaired) electrons. The van der Waals surface area contributed by atoms with E-state index in [2.05, 4.69) is 9.97 Å². The molecule has 0 unspecified atom stereocenters. The van der Waals surface area contributed by atoms with Gasteiger partial charge in [0.05, 0.1) is 23.6 Å². The molecule has 0 spiro atoms. The Hall–Kier alpha value is -2.67. The van der Waals surface area contributed by atoms with Gasteiger partial charge >= 0.3 is 0 Å². The normalized spacial score (nSPS) is 17.6. The molecule has 1 N–H and O–H groups in total. The van der Waals surface area contributed by atoms with Crippen molar-refractivity contribution in [3.05, 3.63) is 35.3 Å². The molecule has 1 fully saturated rings. The van der Waals surface area contributed by atoms with Gasteiger partial charge in [0.25, 0.3) is 0 Å². The molecule has 2 aliphatic heterocycles. The number of rotatable bonds is 2. The van der Waals surface area contributed by atoms with E-state index in [1.54, 1.807) is 12.3 Å². The number of phenolic OH excluding ortho intramolecular Hbond substituents is 1. The van der Waals surface area contributed by atoms with Gasteiger partial charge in [-0.15, -0.1) is 0 Å². The van der Waals surface area contributed by atoms with Crippen LogP contribution in [0.15, 0.2) is 18.3 Å². The van der Waals surface area contributed by atoms with Gasteiger partial charge in [-0.2, -0.15) is 0 Å². The highest BCUT2D eigenvalue weighted by atomic mass is 16.5. The first kappa shape index (κ1) is 18.7. The molecule has 0 saturated carbocycles. The van der Waals surface area contributed by atoms with Crippen LogP contribution in [0.4, 0.5) is 0 Å². The van der Waals surface area contributed by atoms with E-state index >= 15 is 0 Å². The minimum Gasteiger partial charge on any atom is -0.504 e. The minimum absolute atomic E-state index is 0.00281. The number of hydrogen-bond donors (Lipinski definition) is 1. The van der Waals surface area contributed by atoms with Gasteiger partial charge in [-0.25, -0.2) is 4.98 Å². The Labute approximate surface area is 164 Å². The molecule has 148 valence electrons. The molecular formula is C21H25N3O4. The van der Waals surface area contributed by atoms with Crippen LogP contribution in [0.5, 0.6) is 11.5 Å². The number of carbonyl (C=O) groups excluding carboxylic acids is 1. The van der Waals surface area contributed by atoms with E-state index in [1.165, 1.54) is 0 Å². The third-order valence-corrected chi connectivity index (χ3v) is 5.35. The monoisotopic (exact) mass is 383 g/mol. The number of amides is 1. The second kappa shape index (κ2) is 7.75. The molecule has 4 rings (SSSR count). The lowest BCUT2D eigenvalue weighted by molar-refractivity contribution is -0.139. The van der Waals surface area contributed by atoms with Gasteiger partial charge in [-0.3, -0.25) is 9.78 Å². The summed E-state index contributed by atoms with van der Waals surface area (Å²) in [5.41, 5.74) is 3.88. The molecule has 2 aliphatic rings. The van der Waals surface area contributed by atoms with E-state index in [4.69, 9.17) is 9.47 Å². The fourth-order valence-electron chi connectivity index (χ4n) is 3.84. The first-order chi connectivity index (χ1) is 13.5. The highest BCUT2D eigenvalue weighted by Crippen LogP contribution is 2.38. The number of nitrogens with zero attached hydrogens (tertiary/aromatic N) is 3. The smallest absolute Gasteiger partial charge is 0.226 e. The van der Waals surface area contributed by atoms with Crippen LogP contribution in [0.1, 0.15) is 29.8 Å². The summed E-state index contributed by atoms with van der Waals surface area (Å²) in [6.07, 6.45) is 3.23. The lowest BCUT2D eigenvalue weighted by Gasteiger charge is -2.28. The van der Waals surface area contributed by atoms with Crippen molar-refractivity contribution < 1.29 is 19.4 Å². The van der Waals surface area contributed by atoms with Crippen LogP contribution in [0.2, 0.25) is 0 Å². The zero-order valence-corrected chi connectivity index (χ0v) is 16.3. The molecule has 7 heteroatoms. The molecule has 0 atom stereocenters. The highest BCUT2D eigenvalue weighted by molar-refractivity contribution is 5.79. The van der Waals surface area contributed by atoms with Crippen molar-refractivity contribution in [1.29, 1.82) is 0 Å². The van der Waals surface area contributed by atoms with Crippen LogP contribution >= 0.6 is 0 Å². The molecular weight excluding hydrogens is 358 g/mol. The van der Waals surface area contributed by atoms with Gasteiger partial charge in [0.15, 0.2) is 11.5 Å². The number of aromatic hydroxyl groups is 1. The number of benzene rings is 1. The first-order valence-electron chi connectivity index (χ1n) is 9.69. The zero-order valence-electron chi connectivity index (χ0n) is 16.3. The van der Waals surface area contributed by atoms with Crippen LogP contribution in [0.3, 0.4) is 0 Å². The predicted octanol–water partition coefficient (Wildman–Crippen LogP) is 2.61. The summed E-state index contributed by atoms with van der Waals surface area (Å²) in [6.45, 7) is 6.31. The third kappa shape index (κ3) is 3.67. The number of fused-ring (bicyclic) bond motifs is 1. The van der Waals surface area contributed by atoms with Crippen molar-refractivity contribution in [2.24, 2.45) is 5.92 Å². The van der Waals surface area contributed by atoms with Crippen molar-refractivity contribution >= 4 is 5.91 Å². The maximum absolute atomic E-state index is 13.0. The Bertz CT molecular complexity index is 893. The number of hydrogen-bond acceptors (Lipinski definition) is 6. The van der Waals surface area contributed by atoms with E-state index in [1.807, 2.05) is 24.8 Å². The molecule has 1 amide bonds. The van der Waals surface area contributed by atoms with Crippen molar-refractivity contribution in [2.75, 3.05) is 26.4 Å². The molecule has 1 saturated heterocycles. The van der Waals surface area contributed by atoms with Crippen LogP contribution < -0.4 is 4.74 Å². The van der Waals surface area contributed by atoms with Gasteiger partial charge in [-0.05, 0) is 38.8 Å². The molecule has 7 nitrogen and oxygen atoms in total. The number of ether oxygens (including phenoxy) is 2. The van der Waals surface area contributed by atoms with Gasteiger partial charge in [-0.1, -0.05) is 0 Å². The first-order valence-corrected chi connectivity index (χ1v) is 9.69. The molecule has 28 heavy (non-hydrogen) atoms. The van der Waals surface area contributed by atoms with Crippen molar-refractivity contribution in [1.82, 2.24) is 14.9 Å². The van der Waals surface area contributed by atoms with Crippen LogP contribution in [-0.4, -0.2) is 52.2 Å². The lowest BCUT2D eigenvalue weighted by Crippen LogP contribution is -2.39. The Morgan fingerprint density at radius 2 is 2.00 bits per heavy atom. The average molecular weight is 383 g/mol. The van der Waals surface area contributed by atoms with E-state index in [0.717, 1.165) is 41.1 Å². The van der Waals surface area contributed by atoms with Crippen LogP contribution in [0.25, 0.3) is 11.3 Å². The maximum atomic E-state index is 13.0. The highest BCUT2D eigenvalue weighted by Gasteiger charge is 2.29. The molecule has 0 aliphatic carbocycles. The molecule has 1 aromatic carbocycles. The molecule has 2 aromatic rings. The van der Waals surface area contributed by atoms with Gasteiger partial charge in [0.1, 0.15) is 6.61 Å². The summed E-state index contributed by atoms with van der Waals surface area (Å²) in [6, 6.07) is 3.60. The summed E-state index contributed by atoms with van der Waals surface area (Å²) in [5.74, 6) is 0.646. The summed E-state index contributed by atoms with van der Waals surface area (Å²) < 4.78 is 11.2. The van der Waals surface area contributed by atoms with Gasteiger partial charge in [0.2, 0.25) is 5.91 Å². The topological polar surface area (TPSA) is 84.8 Å². The summed E-state index contributed by atoms with van der Waals surface area (Å²) in [7, 11) is 0. The van der Waals surface area contributed by atoms with Crippen molar-refractivity contribution in [2.45, 2.75) is 33.2 Å². The summed E-state index contributed by atoms with van der Waals surface area (Å²) in [5, 5.41) is 10.6. The Kier molecular flexibility index (Phi) is 5.17.